The third-order valence-corrected chi connectivity index (χ3v) is 4.46. The first-order valence-electron chi connectivity index (χ1n) is 7.91. The van der Waals surface area contributed by atoms with Crippen molar-refractivity contribution in [1.29, 1.82) is 0 Å². The molecule has 2 aliphatic rings. The van der Waals surface area contributed by atoms with Crippen molar-refractivity contribution in [3.63, 3.8) is 0 Å². The van der Waals surface area contributed by atoms with Crippen molar-refractivity contribution < 1.29 is 9.47 Å². The molecule has 0 saturated carbocycles. The molecule has 2 aromatic rings. The van der Waals surface area contributed by atoms with Crippen LogP contribution in [-0.2, 0) is 9.47 Å². The van der Waals surface area contributed by atoms with Gasteiger partial charge in [-0.25, -0.2) is 4.99 Å². The standard InChI is InChI=1S/C19H17ClN2O2/c20-17(18-21-15(11-23-18)13-7-3-1-4-8-13)19-22-16(12-24-19)14-9-5-2-6-10-14/h1-10,15-16,21H,11-12H2/b18-17-/t15-,16-/m1/s1. The number of hydrogen-bond donors (Lipinski definition) is 1. The topological polar surface area (TPSA) is 42.8 Å². The van der Waals surface area contributed by atoms with E-state index in [-0.39, 0.29) is 12.1 Å². The molecule has 122 valence electrons. The number of halogens is 1. The third kappa shape index (κ3) is 2.97. The van der Waals surface area contributed by atoms with Crippen LogP contribution < -0.4 is 5.32 Å². The van der Waals surface area contributed by atoms with Crippen molar-refractivity contribution >= 4 is 17.5 Å². The Bertz CT molecular complexity index is 774. The van der Waals surface area contributed by atoms with E-state index >= 15 is 0 Å². The van der Waals surface area contributed by atoms with Crippen LogP contribution in [0.15, 0.2) is 76.6 Å². The second-order valence-corrected chi connectivity index (χ2v) is 6.11. The zero-order valence-electron chi connectivity index (χ0n) is 13.0. The minimum absolute atomic E-state index is 0.0260. The highest BCUT2D eigenvalue weighted by atomic mass is 35.5. The van der Waals surface area contributed by atoms with Gasteiger partial charge in [0.05, 0.1) is 6.04 Å². The van der Waals surface area contributed by atoms with E-state index in [1.54, 1.807) is 0 Å². The normalized spacial score (nSPS) is 24.6. The zero-order valence-corrected chi connectivity index (χ0v) is 13.7. The van der Waals surface area contributed by atoms with E-state index in [2.05, 4.69) is 22.4 Å². The second kappa shape index (κ2) is 6.57. The molecule has 5 heteroatoms. The van der Waals surface area contributed by atoms with Gasteiger partial charge in [0.1, 0.15) is 19.3 Å². The lowest BCUT2D eigenvalue weighted by Gasteiger charge is -2.08. The summed E-state index contributed by atoms with van der Waals surface area (Å²) in [6.45, 7) is 1.02. The molecule has 1 saturated heterocycles. The van der Waals surface area contributed by atoms with Gasteiger partial charge >= 0.3 is 0 Å². The smallest absolute Gasteiger partial charge is 0.234 e. The van der Waals surface area contributed by atoms with Crippen molar-refractivity contribution in [3.8, 4) is 0 Å². The first-order chi connectivity index (χ1) is 11.8. The summed E-state index contributed by atoms with van der Waals surface area (Å²) in [5.41, 5.74) is 2.28. The molecule has 4 rings (SSSR count). The van der Waals surface area contributed by atoms with Gasteiger partial charge in [0, 0.05) is 0 Å². The van der Waals surface area contributed by atoms with E-state index in [1.165, 1.54) is 0 Å². The average molecular weight is 341 g/mol. The molecule has 2 aromatic carbocycles. The van der Waals surface area contributed by atoms with Gasteiger partial charge < -0.3 is 14.8 Å². The van der Waals surface area contributed by atoms with Crippen LogP contribution in [0.3, 0.4) is 0 Å². The number of ether oxygens (including phenoxy) is 2. The lowest BCUT2D eigenvalue weighted by atomic mass is 10.1. The van der Waals surface area contributed by atoms with Gasteiger partial charge in [0.15, 0.2) is 5.03 Å². The number of benzene rings is 2. The van der Waals surface area contributed by atoms with Gasteiger partial charge in [-0.05, 0) is 11.1 Å². The minimum Gasteiger partial charge on any atom is -0.475 e. The average Bonchev–Trinajstić information content (AvgIpc) is 3.33. The maximum absolute atomic E-state index is 6.44. The zero-order chi connectivity index (χ0) is 16.4. The summed E-state index contributed by atoms with van der Waals surface area (Å²) >= 11 is 6.44. The fourth-order valence-electron chi connectivity index (χ4n) is 2.84. The van der Waals surface area contributed by atoms with Gasteiger partial charge in [-0.1, -0.05) is 72.3 Å². The van der Waals surface area contributed by atoms with E-state index in [1.807, 2.05) is 48.5 Å². The molecule has 1 N–H and O–H groups in total. The third-order valence-electron chi connectivity index (χ3n) is 4.12. The molecular weight excluding hydrogens is 324 g/mol. The van der Waals surface area contributed by atoms with E-state index in [0.29, 0.717) is 30.0 Å². The predicted molar refractivity (Wildman–Crippen MR) is 93.7 cm³/mol. The predicted octanol–water partition coefficient (Wildman–Crippen LogP) is 3.93. The lowest BCUT2D eigenvalue weighted by Crippen LogP contribution is -2.15. The Morgan fingerprint density at radius 1 is 0.917 bits per heavy atom. The van der Waals surface area contributed by atoms with E-state index in [4.69, 9.17) is 21.1 Å². The minimum atomic E-state index is -0.0260. The number of aliphatic imine (C=N–C) groups is 1. The highest BCUT2D eigenvalue weighted by molar-refractivity contribution is 6.42. The van der Waals surface area contributed by atoms with Crippen LogP contribution in [0, 0.1) is 0 Å². The van der Waals surface area contributed by atoms with Gasteiger partial charge in [-0.3, -0.25) is 0 Å². The van der Waals surface area contributed by atoms with Crippen LogP contribution in [0.1, 0.15) is 23.2 Å². The van der Waals surface area contributed by atoms with Gasteiger partial charge in [-0.2, -0.15) is 0 Å². The SMILES string of the molecule is Cl/C(C1=N[C@@H](c2ccccc2)CO1)=C1/N[C@@H](c2ccccc2)CO1. The molecular formula is C19H17ClN2O2. The maximum Gasteiger partial charge on any atom is 0.234 e. The first kappa shape index (κ1) is 15.1. The summed E-state index contributed by atoms with van der Waals surface area (Å²) in [6.07, 6.45) is 0. The first-order valence-corrected chi connectivity index (χ1v) is 8.29. The largest absolute Gasteiger partial charge is 0.475 e. The highest BCUT2D eigenvalue weighted by Crippen LogP contribution is 2.30. The Hall–Kier alpha value is -2.46. The van der Waals surface area contributed by atoms with Crippen LogP contribution in [0.4, 0.5) is 0 Å². The lowest BCUT2D eigenvalue weighted by molar-refractivity contribution is 0.252. The summed E-state index contributed by atoms with van der Waals surface area (Å²) in [4.78, 5) is 4.59. The van der Waals surface area contributed by atoms with E-state index in [9.17, 15) is 0 Å². The number of nitrogens with zero attached hydrogens (tertiary/aromatic N) is 1. The van der Waals surface area contributed by atoms with Crippen molar-refractivity contribution in [2.75, 3.05) is 13.2 Å². The van der Waals surface area contributed by atoms with Crippen molar-refractivity contribution in [2.45, 2.75) is 12.1 Å². The Balaban J connectivity index is 1.51. The molecule has 0 amide bonds. The van der Waals surface area contributed by atoms with Gasteiger partial charge in [-0.15, -0.1) is 0 Å². The van der Waals surface area contributed by atoms with Crippen LogP contribution in [0.25, 0.3) is 0 Å². The van der Waals surface area contributed by atoms with Crippen LogP contribution in [-0.4, -0.2) is 19.1 Å². The number of nitrogens with one attached hydrogen (secondary N) is 1. The molecule has 0 aliphatic carbocycles. The Labute approximate surface area is 145 Å². The molecule has 0 aromatic heterocycles. The molecule has 0 bridgehead atoms. The summed E-state index contributed by atoms with van der Waals surface area (Å²) in [5, 5.41) is 3.70. The molecule has 2 atom stereocenters. The summed E-state index contributed by atoms with van der Waals surface area (Å²) in [6, 6.07) is 20.2. The van der Waals surface area contributed by atoms with Crippen LogP contribution in [0.2, 0.25) is 0 Å². The van der Waals surface area contributed by atoms with E-state index < -0.39 is 0 Å². The highest BCUT2D eigenvalue weighted by Gasteiger charge is 2.29. The molecule has 24 heavy (non-hydrogen) atoms. The maximum atomic E-state index is 6.44. The Kier molecular flexibility index (Phi) is 4.13. The van der Waals surface area contributed by atoms with Crippen molar-refractivity contribution in [2.24, 2.45) is 4.99 Å². The van der Waals surface area contributed by atoms with Crippen molar-refractivity contribution in [3.05, 3.63) is 82.7 Å². The molecule has 4 nitrogen and oxygen atoms in total. The quantitative estimate of drug-likeness (QED) is 0.920. The fourth-order valence-corrected chi connectivity index (χ4v) is 3.05. The fraction of sp³-hybridized carbons (Fsp3) is 0.211. The van der Waals surface area contributed by atoms with Crippen molar-refractivity contribution in [1.82, 2.24) is 5.32 Å². The second-order valence-electron chi connectivity index (χ2n) is 5.73. The molecule has 0 spiro atoms. The molecule has 0 radical (unpaired) electrons. The Morgan fingerprint density at radius 2 is 1.58 bits per heavy atom. The summed E-state index contributed by atoms with van der Waals surface area (Å²) in [7, 11) is 0. The molecule has 2 heterocycles. The van der Waals surface area contributed by atoms with Crippen LogP contribution >= 0.6 is 11.6 Å². The molecule has 0 unspecified atom stereocenters. The summed E-state index contributed by atoms with van der Waals surface area (Å²) in [5.74, 6) is 0.958. The molecule has 1 fully saturated rings. The number of rotatable bonds is 3. The van der Waals surface area contributed by atoms with Gasteiger partial charge in [0.25, 0.3) is 0 Å². The number of hydrogen-bond acceptors (Lipinski definition) is 4. The van der Waals surface area contributed by atoms with Gasteiger partial charge in [0.2, 0.25) is 11.8 Å². The van der Waals surface area contributed by atoms with Crippen LogP contribution in [0.5, 0.6) is 0 Å². The molecule has 2 aliphatic heterocycles. The monoisotopic (exact) mass is 340 g/mol. The van der Waals surface area contributed by atoms with E-state index in [0.717, 1.165) is 11.1 Å². The Morgan fingerprint density at radius 3 is 2.29 bits per heavy atom. The summed E-state index contributed by atoms with van der Waals surface area (Å²) < 4.78 is 11.4.